The highest BCUT2D eigenvalue weighted by Crippen LogP contribution is 2.11. The van der Waals surface area contributed by atoms with Crippen LogP contribution in [0, 0.1) is 11.8 Å². The monoisotopic (exact) mass is 275 g/mol. The highest BCUT2D eigenvalue weighted by molar-refractivity contribution is 5.94. The molecule has 21 heavy (non-hydrogen) atoms. The lowest BCUT2D eigenvalue weighted by Crippen LogP contribution is -2.13. The van der Waals surface area contributed by atoms with Crippen molar-refractivity contribution in [3.05, 3.63) is 59.9 Å². The molecule has 0 radical (unpaired) electrons. The van der Waals surface area contributed by atoms with Crippen LogP contribution in [0.5, 0.6) is 0 Å². The first-order chi connectivity index (χ1) is 10.3. The zero-order valence-electron chi connectivity index (χ0n) is 10.8. The molecule has 0 saturated carbocycles. The lowest BCUT2D eigenvalue weighted by molar-refractivity contribution is 0.0999. The van der Waals surface area contributed by atoms with Crippen molar-refractivity contribution in [1.82, 2.24) is 19.9 Å². The van der Waals surface area contributed by atoms with E-state index in [2.05, 4.69) is 31.8 Å². The van der Waals surface area contributed by atoms with E-state index < -0.39 is 5.91 Å². The minimum absolute atomic E-state index is 0.282. The SMILES string of the molecule is NC(=O)c1cccnc1C#Cc1cncc2nccnc12. The Labute approximate surface area is 120 Å². The van der Waals surface area contributed by atoms with Crippen LogP contribution < -0.4 is 5.73 Å². The number of hydrogen-bond donors (Lipinski definition) is 1. The molecule has 0 fully saturated rings. The molecule has 3 aromatic rings. The predicted molar refractivity (Wildman–Crippen MR) is 76.1 cm³/mol. The van der Waals surface area contributed by atoms with Gasteiger partial charge in [0.1, 0.15) is 16.7 Å². The van der Waals surface area contributed by atoms with Gasteiger partial charge < -0.3 is 5.73 Å². The van der Waals surface area contributed by atoms with Gasteiger partial charge in [-0.05, 0) is 18.1 Å². The molecule has 3 rings (SSSR count). The van der Waals surface area contributed by atoms with Crippen molar-refractivity contribution in [3.63, 3.8) is 0 Å². The number of rotatable bonds is 1. The summed E-state index contributed by atoms with van der Waals surface area (Å²) in [7, 11) is 0. The lowest BCUT2D eigenvalue weighted by Gasteiger charge is -1.98. The van der Waals surface area contributed by atoms with Gasteiger partial charge in [0, 0.05) is 24.8 Å². The van der Waals surface area contributed by atoms with Crippen molar-refractivity contribution in [2.45, 2.75) is 0 Å². The number of amides is 1. The molecular weight excluding hydrogens is 266 g/mol. The van der Waals surface area contributed by atoms with Crippen LogP contribution in [-0.2, 0) is 0 Å². The highest BCUT2D eigenvalue weighted by atomic mass is 16.1. The molecule has 0 aliphatic carbocycles. The van der Waals surface area contributed by atoms with E-state index in [1.807, 2.05) is 0 Å². The molecule has 3 heterocycles. The maximum atomic E-state index is 11.3. The first-order valence-electron chi connectivity index (χ1n) is 6.07. The minimum atomic E-state index is -0.566. The summed E-state index contributed by atoms with van der Waals surface area (Å²) in [5.74, 6) is 5.18. The smallest absolute Gasteiger partial charge is 0.251 e. The number of primary amides is 1. The standard InChI is InChI=1S/C15H9N5O/c16-15(21)11-2-1-5-18-12(11)4-3-10-8-17-9-13-14(10)20-7-6-19-13/h1-2,5-9H,(H2,16,21). The number of nitrogens with two attached hydrogens (primary N) is 1. The molecule has 1 amide bonds. The van der Waals surface area contributed by atoms with Gasteiger partial charge in [-0.25, -0.2) is 4.98 Å². The Balaban J connectivity index is 2.11. The van der Waals surface area contributed by atoms with Crippen LogP contribution in [-0.4, -0.2) is 25.8 Å². The van der Waals surface area contributed by atoms with Crippen molar-refractivity contribution in [2.24, 2.45) is 5.73 Å². The van der Waals surface area contributed by atoms with Gasteiger partial charge in [0.25, 0.3) is 5.91 Å². The van der Waals surface area contributed by atoms with E-state index in [0.29, 0.717) is 22.3 Å². The van der Waals surface area contributed by atoms with Crippen LogP contribution in [0.3, 0.4) is 0 Å². The average Bonchev–Trinajstić information content (AvgIpc) is 2.53. The molecule has 0 aromatic carbocycles. The zero-order valence-corrected chi connectivity index (χ0v) is 10.8. The summed E-state index contributed by atoms with van der Waals surface area (Å²) >= 11 is 0. The van der Waals surface area contributed by atoms with Gasteiger partial charge >= 0.3 is 0 Å². The van der Waals surface area contributed by atoms with Crippen molar-refractivity contribution < 1.29 is 4.79 Å². The lowest BCUT2D eigenvalue weighted by atomic mass is 10.1. The first-order valence-corrected chi connectivity index (χ1v) is 6.07. The Kier molecular flexibility index (Phi) is 3.23. The molecule has 2 N–H and O–H groups in total. The fourth-order valence-corrected chi connectivity index (χ4v) is 1.82. The van der Waals surface area contributed by atoms with Crippen LogP contribution in [0.25, 0.3) is 11.0 Å². The summed E-state index contributed by atoms with van der Waals surface area (Å²) in [4.78, 5) is 27.8. The number of carbonyl (C=O) groups excluding carboxylic acids is 1. The van der Waals surface area contributed by atoms with Crippen molar-refractivity contribution >= 4 is 16.9 Å². The first kappa shape index (κ1) is 12.7. The van der Waals surface area contributed by atoms with Crippen molar-refractivity contribution in [3.8, 4) is 11.8 Å². The Morgan fingerprint density at radius 1 is 1.05 bits per heavy atom. The van der Waals surface area contributed by atoms with Gasteiger partial charge in [-0.3, -0.25) is 19.7 Å². The van der Waals surface area contributed by atoms with Crippen LogP contribution >= 0.6 is 0 Å². The second kappa shape index (κ2) is 5.35. The molecule has 0 unspecified atom stereocenters. The molecule has 0 aliphatic heterocycles. The maximum absolute atomic E-state index is 11.3. The van der Waals surface area contributed by atoms with E-state index in [1.54, 1.807) is 43.1 Å². The molecule has 0 spiro atoms. The van der Waals surface area contributed by atoms with E-state index in [1.165, 1.54) is 0 Å². The Morgan fingerprint density at radius 3 is 2.76 bits per heavy atom. The van der Waals surface area contributed by atoms with E-state index >= 15 is 0 Å². The molecule has 6 heteroatoms. The molecule has 100 valence electrons. The Bertz CT molecular complexity index is 890. The zero-order chi connectivity index (χ0) is 14.7. The maximum Gasteiger partial charge on any atom is 0.251 e. The molecule has 0 bridgehead atoms. The van der Waals surface area contributed by atoms with Crippen molar-refractivity contribution in [1.29, 1.82) is 0 Å². The summed E-state index contributed by atoms with van der Waals surface area (Å²) < 4.78 is 0. The van der Waals surface area contributed by atoms with Crippen LogP contribution in [0.4, 0.5) is 0 Å². The van der Waals surface area contributed by atoms with Gasteiger partial charge in [0.15, 0.2) is 0 Å². The molecule has 6 nitrogen and oxygen atoms in total. The number of nitrogens with zero attached hydrogens (tertiary/aromatic N) is 4. The second-order valence-electron chi connectivity index (χ2n) is 4.12. The van der Waals surface area contributed by atoms with E-state index in [9.17, 15) is 4.79 Å². The third kappa shape index (κ3) is 2.53. The predicted octanol–water partition coefficient (Wildman–Crippen LogP) is 0.919. The topological polar surface area (TPSA) is 94.7 Å². The molecule has 0 aliphatic rings. The fraction of sp³-hybridized carbons (Fsp3) is 0. The number of hydrogen-bond acceptors (Lipinski definition) is 5. The van der Waals surface area contributed by atoms with Crippen molar-refractivity contribution in [2.75, 3.05) is 0 Å². The summed E-state index contributed by atoms with van der Waals surface area (Å²) in [6.07, 6.45) is 7.94. The van der Waals surface area contributed by atoms with E-state index in [4.69, 9.17) is 5.73 Å². The summed E-state index contributed by atoms with van der Waals surface area (Å²) in [5, 5.41) is 0. The van der Waals surface area contributed by atoms with Crippen LogP contribution in [0.2, 0.25) is 0 Å². The van der Waals surface area contributed by atoms with Gasteiger partial charge in [0.05, 0.1) is 17.3 Å². The number of pyridine rings is 2. The van der Waals surface area contributed by atoms with Gasteiger partial charge in [0.2, 0.25) is 0 Å². The van der Waals surface area contributed by atoms with Gasteiger partial charge in [-0.1, -0.05) is 5.92 Å². The number of aromatic nitrogens is 4. The Morgan fingerprint density at radius 2 is 1.90 bits per heavy atom. The molecule has 0 saturated heterocycles. The average molecular weight is 275 g/mol. The third-order valence-electron chi connectivity index (χ3n) is 2.77. The van der Waals surface area contributed by atoms with Gasteiger partial charge in [-0.2, -0.15) is 0 Å². The Hall–Kier alpha value is -3.33. The normalized spacial score (nSPS) is 9.90. The quantitative estimate of drug-likeness (QED) is 0.666. The third-order valence-corrected chi connectivity index (χ3v) is 2.77. The molecule has 0 atom stereocenters. The number of carbonyl (C=O) groups is 1. The molecular formula is C15H9N5O. The van der Waals surface area contributed by atoms with Crippen LogP contribution in [0.1, 0.15) is 21.6 Å². The molecule has 3 aromatic heterocycles. The summed E-state index contributed by atoms with van der Waals surface area (Å²) in [6.45, 7) is 0. The summed E-state index contributed by atoms with van der Waals surface area (Å²) in [6, 6.07) is 3.22. The summed E-state index contributed by atoms with van der Waals surface area (Å²) in [5.41, 5.74) is 7.81. The van der Waals surface area contributed by atoms with E-state index in [0.717, 1.165) is 0 Å². The number of fused-ring (bicyclic) bond motifs is 1. The largest absolute Gasteiger partial charge is 0.366 e. The second-order valence-corrected chi connectivity index (χ2v) is 4.12. The van der Waals surface area contributed by atoms with Crippen LogP contribution in [0.15, 0.2) is 43.1 Å². The highest BCUT2D eigenvalue weighted by Gasteiger charge is 2.06. The van der Waals surface area contributed by atoms with E-state index in [-0.39, 0.29) is 5.56 Å². The minimum Gasteiger partial charge on any atom is -0.366 e. The van der Waals surface area contributed by atoms with Gasteiger partial charge in [-0.15, -0.1) is 0 Å². The fourth-order valence-electron chi connectivity index (χ4n) is 1.82.